The van der Waals surface area contributed by atoms with Crippen molar-refractivity contribution in [2.75, 3.05) is 6.16 Å². The van der Waals surface area contributed by atoms with Gasteiger partial charge in [0, 0.05) is 0 Å². The van der Waals surface area contributed by atoms with Gasteiger partial charge in [-0.05, 0) is 18.7 Å². The van der Waals surface area contributed by atoms with Gasteiger partial charge in [0.15, 0.2) is 0 Å². The molecule has 1 atom stereocenters. The summed E-state index contributed by atoms with van der Waals surface area (Å²) in [5, 5.41) is 0. The summed E-state index contributed by atoms with van der Waals surface area (Å²) in [5.74, 6) is 0. The molecule has 0 heterocycles. The largest absolute Gasteiger partial charge is 0.298 e. The van der Waals surface area contributed by atoms with Crippen LogP contribution in [0.2, 0.25) is 0 Å². The summed E-state index contributed by atoms with van der Waals surface area (Å²) in [7, 11) is 2.52. The predicted molar refractivity (Wildman–Crippen MR) is 34.4 cm³/mol. The zero-order valence-electron chi connectivity index (χ0n) is 4.35. The Balaban J connectivity index is 3.49. The molecule has 40 valence electrons. The summed E-state index contributed by atoms with van der Waals surface area (Å²) in [4.78, 5) is 9.82. The number of carbonyl (C=O) groups excluding carboxylic acids is 1. The van der Waals surface area contributed by atoms with E-state index in [-0.39, 0.29) is 0 Å². The van der Waals surface area contributed by atoms with Crippen molar-refractivity contribution in [1.82, 2.24) is 0 Å². The number of allylic oxidation sites excluding steroid dienone is 2. The molecule has 0 aromatic heterocycles. The zero-order valence-corrected chi connectivity index (χ0v) is 5.50. The van der Waals surface area contributed by atoms with Crippen LogP contribution in [0.15, 0.2) is 11.6 Å². The van der Waals surface area contributed by atoms with E-state index in [9.17, 15) is 4.79 Å². The Morgan fingerprint density at radius 1 is 1.86 bits per heavy atom. The monoisotopic (exact) mass is 116 g/mol. The lowest BCUT2D eigenvalue weighted by molar-refractivity contribution is -0.104. The Bertz CT molecular complexity index is 86.1. The molecule has 0 radical (unpaired) electrons. The first kappa shape index (κ1) is 6.84. The van der Waals surface area contributed by atoms with Gasteiger partial charge in [-0.1, -0.05) is 6.08 Å². The number of hydrogen-bond donors (Lipinski definition) is 0. The predicted octanol–water partition coefficient (Wildman–Crippen LogP) is 1.01. The fraction of sp³-hybridized carbons (Fsp3) is 0.400. The molecule has 0 amide bonds. The molecule has 0 aliphatic carbocycles. The third-order valence-electron chi connectivity index (χ3n) is 0.626. The summed E-state index contributed by atoms with van der Waals surface area (Å²) < 4.78 is 0. The van der Waals surface area contributed by atoms with Gasteiger partial charge in [0.2, 0.25) is 0 Å². The van der Waals surface area contributed by atoms with E-state index in [2.05, 4.69) is 9.24 Å². The molecule has 0 spiro atoms. The second-order valence-electron chi connectivity index (χ2n) is 1.30. The van der Waals surface area contributed by atoms with E-state index in [1.54, 1.807) is 6.92 Å². The highest BCUT2D eigenvalue weighted by Gasteiger charge is 1.76. The van der Waals surface area contributed by atoms with Gasteiger partial charge < -0.3 is 0 Å². The molecule has 0 saturated heterocycles. The number of carbonyl (C=O) groups is 1. The van der Waals surface area contributed by atoms with Gasteiger partial charge in [0.25, 0.3) is 0 Å². The first-order valence-corrected chi connectivity index (χ1v) is 2.95. The average Bonchev–Trinajstić information content (AvgIpc) is 1.68. The van der Waals surface area contributed by atoms with Crippen molar-refractivity contribution in [2.24, 2.45) is 0 Å². The normalized spacial score (nSPS) is 11.4. The lowest BCUT2D eigenvalue weighted by atomic mass is 10.3. The molecule has 0 bridgehead atoms. The molecular formula is C5H9OP. The molecule has 1 nitrogen and oxygen atoms in total. The van der Waals surface area contributed by atoms with E-state index in [0.717, 1.165) is 18.0 Å². The van der Waals surface area contributed by atoms with E-state index in [4.69, 9.17) is 0 Å². The number of rotatable bonds is 2. The van der Waals surface area contributed by atoms with Crippen molar-refractivity contribution in [3.8, 4) is 0 Å². The highest BCUT2D eigenvalue weighted by Crippen LogP contribution is 1.88. The Hall–Kier alpha value is -0.160. The van der Waals surface area contributed by atoms with Gasteiger partial charge in [-0.15, -0.1) is 9.24 Å². The van der Waals surface area contributed by atoms with Gasteiger partial charge in [0.1, 0.15) is 6.29 Å². The first-order chi connectivity index (χ1) is 3.31. The maximum absolute atomic E-state index is 9.82. The van der Waals surface area contributed by atoms with Crippen LogP contribution in [-0.4, -0.2) is 12.4 Å². The molecule has 0 aliphatic rings. The number of hydrogen-bond acceptors (Lipinski definition) is 1. The van der Waals surface area contributed by atoms with Crippen molar-refractivity contribution < 1.29 is 4.79 Å². The zero-order chi connectivity index (χ0) is 5.70. The third kappa shape index (κ3) is 3.68. The van der Waals surface area contributed by atoms with Gasteiger partial charge in [-0.25, -0.2) is 0 Å². The Morgan fingerprint density at radius 3 is 2.57 bits per heavy atom. The van der Waals surface area contributed by atoms with E-state index in [1.807, 2.05) is 6.08 Å². The molecule has 0 saturated carbocycles. The lowest BCUT2D eigenvalue weighted by Gasteiger charge is -1.79. The summed E-state index contributed by atoms with van der Waals surface area (Å²) in [6.07, 6.45) is 3.58. The van der Waals surface area contributed by atoms with Gasteiger partial charge in [-0.2, -0.15) is 0 Å². The van der Waals surface area contributed by atoms with Crippen LogP contribution in [0.1, 0.15) is 6.92 Å². The quantitative estimate of drug-likeness (QED) is 0.299. The Kier molecular flexibility index (Phi) is 3.92. The minimum absolute atomic E-state index is 0.801. The highest BCUT2D eigenvalue weighted by molar-refractivity contribution is 7.16. The van der Waals surface area contributed by atoms with Gasteiger partial charge in [-0.3, -0.25) is 4.79 Å². The van der Waals surface area contributed by atoms with Crippen molar-refractivity contribution >= 4 is 15.5 Å². The Morgan fingerprint density at radius 2 is 2.43 bits per heavy atom. The Labute approximate surface area is 46.0 Å². The SMILES string of the molecule is CC(C=O)=CCP. The van der Waals surface area contributed by atoms with Crippen molar-refractivity contribution in [3.05, 3.63) is 11.6 Å². The van der Waals surface area contributed by atoms with Crippen LogP contribution >= 0.6 is 9.24 Å². The van der Waals surface area contributed by atoms with Crippen LogP contribution in [0.5, 0.6) is 0 Å². The summed E-state index contributed by atoms with van der Waals surface area (Å²) in [6.45, 7) is 1.79. The van der Waals surface area contributed by atoms with E-state index in [0.29, 0.717) is 0 Å². The van der Waals surface area contributed by atoms with Crippen LogP contribution in [0.25, 0.3) is 0 Å². The third-order valence-corrected chi connectivity index (χ3v) is 0.861. The molecule has 0 fully saturated rings. The maximum Gasteiger partial charge on any atom is 0.145 e. The second-order valence-corrected chi connectivity index (χ2v) is 1.77. The molecule has 0 aliphatic heterocycles. The molecule has 0 aromatic rings. The molecular weight excluding hydrogens is 107 g/mol. The molecule has 1 unspecified atom stereocenters. The summed E-state index contributed by atoms with van der Waals surface area (Å²) in [6, 6.07) is 0. The smallest absolute Gasteiger partial charge is 0.145 e. The minimum atomic E-state index is 0.801. The van der Waals surface area contributed by atoms with Crippen LogP contribution in [-0.2, 0) is 4.79 Å². The summed E-state index contributed by atoms with van der Waals surface area (Å²) in [5.41, 5.74) is 0.801. The van der Waals surface area contributed by atoms with E-state index >= 15 is 0 Å². The fourth-order valence-corrected chi connectivity index (χ4v) is 0.606. The topological polar surface area (TPSA) is 17.1 Å². The minimum Gasteiger partial charge on any atom is -0.298 e. The van der Waals surface area contributed by atoms with Gasteiger partial charge >= 0.3 is 0 Å². The van der Waals surface area contributed by atoms with Crippen molar-refractivity contribution in [1.29, 1.82) is 0 Å². The van der Waals surface area contributed by atoms with Crippen molar-refractivity contribution in [2.45, 2.75) is 6.92 Å². The highest BCUT2D eigenvalue weighted by atomic mass is 31.0. The fourth-order valence-electron chi connectivity index (χ4n) is 0.234. The van der Waals surface area contributed by atoms with Crippen LogP contribution in [0.3, 0.4) is 0 Å². The van der Waals surface area contributed by atoms with E-state index in [1.165, 1.54) is 0 Å². The molecule has 7 heavy (non-hydrogen) atoms. The molecule has 0 N–H and O–H groups in total. The number of aldehydes is 1. The first-order valence-electron chi connectivity index (χ1n) is 2.13. The van der Waals surface area contributed by atoms with Crippen LogP contribution in [0.4, 0.5) is 0 Å². The maximum atomic E-state index is 9.82. The molecule has 0 aromatic carbocycles. The summed E-state index contributed by atoms with van der Waals surface area (Å²) >= 11 is 0. The molecule has 0 rings (SSSR count). The standard InChI is InChI=1S/C5H9OP/c1-5(4-6)2-3-7/h2,4H,3,7H2,1H3. The lowest BCUT2D eigenvalue weighted by Crippen LogP contribution is -1.74. The van der Waals surface area contributed by atoms with Crippen LogP contribution in [0, 0.1) is 0 Å². The second kappa shape index (κ2) is 4.01. The van der Waals surface area contributed by atoms with Crippen LogP contribution < -0.4 is 0 Å². The molecule has 2 heteroatoms. The van der Waals surface area contributed by atoms with Gasteiger partial charge in [0.05, 0.1) is 0 Å². The van der Waals surface area contributed by atoms with E-state index < -0.39 is 0 Å². The van der Waals surface area contributed by atoms with Crippen molar-refractivity contribution in [3.63, 3.8) is 0 Å². The average molecular weight is 116 g/mol.